The van der Waals surface area contributed by atoms with E-state index in [1.807, 2.05) is 26.8 Å². The number of amides is 2. The molecule has 0 aliphatic heterocycles. The van der Waals surface area contributed by atoms with Crippen LogP contribution in [-0.4, -0.2) is 28.9 Å². The Hall–Kier alpha value is -2.63. The lowest BCUT2D eigenvalue weighted by atomic mass is 9.82. The summed E-state index contributed by atoms with van der Waals surface area (Å²) in [6.07, 6.45) is 5.27. The van der Waals surface area contributed by atoms with Crippen LogP contribution in [0.2, 0.25) is 0 Å². The van der Waals surface area contributed by atoms with Crippen molar-refractivity contribution in [3.05, 3.63) is 41.5 Å². The van der Waals surface area contributed by atoms with Crippen LogP contribution in [0.3, 0.4) is 0 Å². The van der Waals surface area contributed by atoms with Gasteiger partial charge in [-0.3, -0.25) is 14.4 Å². The summed E-state index contributed by atoms with van der Waals surface area (Å²) in [5.41, 5.74) is 1.88. The maximum atomic E-state index is 12.6. The van der Waals surface area contributed by atoms with Crippen LogP contribution in [0.5, 0.6) is 0 Å². The lowest BCUT2D eigenvalue weighted by Gasteiger charge is -2.24. The first-order valence-electron chi connectivity index (χ1n) is 8.93. The summed E-state index contributed by atoms with van der Waals surface area (Å²) in [7, 11) is 0. The van der Waals surface area contributed by atoms with Gasteiger partial charge in [-0.2, -0.15) is 0 Å². The quantitative estimate of drug-likeness (QED) is 0.681. The van der Waals surface area contributed by atoms with Crippen molar-refractivity contribution in [1.29, 1.82) is 0 Å². The zero-order valence-corrected chi connectivity index (χ0v) is 15.4. The Kier molecular flexibility index (Phi) is 6.55. The number of hydrogen-bond donors (Lipinski definition) is 3. The molecule has 1 aliphatic rings. The second-order valence-electron chi connectivity index (χ2n) is 6.80. The Balaban J connectivity index is 2.10. The summed E-state index contributed by atoms with van der Waals surface area (Å²) in [5.74, 6) is -2.71. The molecule has 0 fully saturated rings. The molecule has 0 saturated heterocycles. The van der Waals surface area contributed by atoms with E-state index in [1.54, 1.807) is 24.3 Å². The highest BCUT2D eigenvalue weighted by Crippen LogP contribution is 2.28. The smallest absolute Gasteiger partial charge is 0.307 e. The number of allylic oxidation sites excluding steroid dienone is 2. The van der Waals surface area contributed by atoms with Crippen molar-refractivity contribution in [3.63, 3.8) is 0 Å². The zero-order chi connectivity index (χ0) is 19.3. The average molecular weight is 358 g/mol. The van der Waals surface area contributed by atoms with Gasteiger partial charge in [-0.25, -0.2) is 0 Å². The van der Waals surface area contributed by atoms with Crippen molar-refractivity contribution in [2.24, 2.45) is 11.8 Å². The number of benzene rings is 1. The van der Waals surface area contributed by atoms with Crippen LogP contribution in [0, 0.1) is 18.8 Å². The number of carbonyl (C=O) groups excluding carboxylic acids is 2. The first-order chi connectivity index (χ1) is 12.3. The number of nitrogens with one attached hydrogen (secondary N) is 2. The van der Waals surface area contributed by atoms with Gasteiger partial charge < -0.3 is 15.7 Å². The maximum Gasteiger partial charge on any atom is 0.307 e. The molecule has 140 valence electrons. The Labute approximate surface area is 153 Å². The third kappa shape index (κ3) is 4.71. The van der Waals surface area contributed by atoms with Crippen molar-refractivity contribution in [2.45, 2.75) is 46.1 Å². The predicted octanol–water partition coefficient (Wildman–Crippen LogP) is 3.13. The monoisotopic (exact) mass is 358 g/mol. The predicted molar refractivity (Wildman–Crippen MR) is 100 cm³/mol. The van der Waals surface area contributed by atoms with Crippen molar-refractivity contribution in [3.8, 4) is 0 Å². The van der Waals surface area contributed by atoms with Crippen molar-refractivity contribution in [2.75, 3.05) is 5.32 Å². The summed E-state index contributed by atoms with van der Waals surface area (Å²) in [6, 6.07) is 5.17. The molecule has 0 radical (unpaired) electrons. The Bertz CT molecular complexity index is 727. The summed E-state index contributed by atoms with van der Waals surface area (Å²) in [6.45, 7) is 5.75. The molecule has 1 aromatic rings. The highest BCUT2D eigenvalue weighted by molar-refractivity contribution is 5.98. The fourth-order valence-electron chi connectivity index (χ4n) is 2.96. The van der Waals surface area contributed by atoms with Gasteiger partial charge in [0, 0.05) is 17.3 Å². The SMILES string of the molecule is CCC(C)NC(=O)c1ccc(NC(=O)C2CC=CCC2C(=O)O)c(C)c1. The summed E-state index contributed by atoms with van der Waals surface area (Å²) in [4.78, 5) is 36.1. The Morgan fingerprint density at radius 1 is 1.19 bits per heavy atom. The van der Waals surface area contributed by atoms with Crippen LogP contribution < -0.4 is 10.6 Å². The first kappa shape index (κ1) is 19.7. The summed E-state index contributed by atoms with van der Waals surface area (Å²) < 4.78 is 0. The van der Waals surface area contributed by atoms with Gasteiger partial charge in [0.15, 0.2) is 0 Å². The van der Waals surface area contributed by atoms with E-state index in [4.69, 9.17) is 0 Å². The van der Waals surface area contributed by atoms with Gasteiger partial charge in [0.2, 0.25) is 5.91 Å². The fourth-order valence-corrected chi connectivity index (χ4v) is 2.96. The third-order valence-corrected chi connectivity index (χ3v) is 4.82. The van der Waals surface area contributed by atoms with Gasteiger partial charge in [-0.05, 0) is 56.9 Å². The van der Waals surface area contributed by atoms with Crippen LogP contribution in [0.1, 0.15) is 49.0 Å². The normalized spacial score (nSPS) is 20.3. The molecule has 1 aromatic carbocycles. The second kappa shape index (κ2) is 8.65. The van der Waals surface area contributed by atoms with Gasteiger partial charge in [-0.1, -0.05) is 19.1 Å². The molecule has 0 aromatic heterocycles. The highest BCUT2D eigenvalue weighted by atomic mass is 16.4. The van der Waals surface area contributed by atoms with Crippen LogP contribution in [0.4, 0.5) is 5.69 Å². The number of carbonyl (C=O) groups is 3. The summed E-state index contributed by atoms with van der Waals surface area (Å²) >= 11 is 0. The minimum atomic E-state index is -0.955. The number of hydrogen-bond acceptors (Lipinski definition) is 3. The summed E-state index contributed by atoms with van der Waals surface area (Å²) in [5, 5.41) is 15.0. The number of anilines is 1. The van der Waals surface area contributed by atoms with E-state index in [9.17, 15) is 19.5 Å². The molecule has 0 spiro atoms. The molecule has 26 heavy (non-hydrogen) atoms. The molecule has 3 atom stereocenters. The van der Waals surface area contributed by atoms with Crippen molar-refractivity contribution in [1.82, 2.24) is 5.32 Å². The van der Waals surface area contributed by atoms with Crippen LogP contribution in [0.15, 0.2) is 30.4 Å². The van der Waals surface area contributed by atoms with E-state index in [2.05, 4.69) is 10.6 Å². The van der Waals surface area contributed by atoms with E-state index >= 15 is 0 Å². The molecule has 0 bridgehead atoms. The van der Waals surface area contributed by atoms with Gasteiger partial charge >= 0.3 is 5.97 Å². The minimum Gasteiger partial charge on any atom is -0.481 e. The third-order valence-electron chi connectivity index (χ3n) is 4.82. The Morgan fingerprint density at radius 2 is 1.85 bits per heavy atom. The standard InChI is InChI=1S/C20H26N2O4/c1-4-13(3)21-18(23)14-9-10-17(12(2)11-14)22-19(24)15-7-5-6-8-16(15)20(25)26/h5-6,9-11,13,15-16H,4,7-8H2,1-3H3,(H,21,23)(H,22,24)(H,25,26). The van der Waals surface area contributed by atoms with Gasteiger partial charge in [0.1, 0.15) is 0 Å². The fraction of sp³-hybridized carbons (Fsp3) is 0.450. The first-order valence-corrected chi connectivity index (χ1v) is 8.93. The van der Waals surface area contributed by atoms with E-state index < -0.39 is 17.8 Å². The maximum absolute atomic E-state index is 12.6. The van der Waals surface area contributed by atoms with E-state index in [0.29, 0.717) is 24.1 Å². The van der Waals surface area contributed by atoms with Crippen molar-refractivity contribution >= 4 is 23.5 Å². The van der Waals surface area contributed by atoms with Crippen LogP contribution in [-0.2, 0) is 9.59 Å². The van der Waals surface area contributed by atoms with Gasteiger partial charge in [-0.15, -0.1) is 0 Å². The number of carboxylic acids is 1. The number of aryl methyl sites for hydroxylation is 1. The van der Waals surface area contributed by atoms with E-state index in [1.165, 1.54) is 0 Å². The van der Waals surface area contributed by atoms with Crippen molar-refractivity contribution < 1.29 is 19.5 Å². The van der Waals surface area contributed by atoms with E-state index in [-0.39, 0.29) is 17.9 Å². The van der Waals surface area contributed by atoms with Crippen LogP contribution in [0.25, 0.3) is 0 Å². The molecule has 6 nitrogen and oxygen atoms in total. The molecular weight excluding hydrogens is 332 g/mol. The molecule has 2 amide bonds. The van der Waals surface area contributed by atoms with Crippen LogP contribution >= 0.6 is 0 Å². The molecule has 1 aliphatic carbocycles. The largest absolute Gasteiger partial charge is 0.481 e. The molecular formula is C20H26N2O4. The lowest BCUT2D eigenvalue weighted by molar-refractivity contribution is -0.146. The Morgan fingerprint density at radius 3 is 2.42 bits per heavy atom. The molecule has 0 saturated carbocycles. The second-order valence-corrected chi connectivity index (χ2v) is 6.80. The molecule has 2 rings (SSSR count). The molecule has 6 heteroatoms. The molecule has 0 heterocycles. The highest BCUT2D eigenvalue weighted by Gasteiger charge is 2.34. The number of rotatable bonds is 6. The molecule has 3 unspecified atom stereocenters. The molecule has 3 N–H and O–H groups in total. The average Bonchev–Trinajstić information content (AvgIpc) is 2.62. The lowest BCUT2D eigenvalue weighted by Crippen LogP contribution is -2.35. The van der Waals surface area contributed by atoms with E-state index in [0.717, 1.165) is 12.0 Å². The van der Waals surface area contributed by atoms with Gasteiger partial charge in [0.05, 0.1) is 11.8 Å². The minimum absolute atomic E-state index is 0.0921. The number of carboxylic acid groups (broad SMARTS) is 1. The van der Waals surface area contributed by atoms with Gasteiger partial charge in [0.25, 0.3) is 5.91 Å². The zero-order valence-electron chi connectivity index (χ0n) is 15.4. The topological polar surface area (TPSA) is 95.5 Å². The number of aliphatic carboxylic acids is 1.